The van der Waals surface area contributed by atoms with E-state index in [-0.39, 0.29) is 0 Å². The summed E-state index contributed by atoms with van der Waals surface area (Å²) in [5, 5.41) is 3.85. The fourth-order valence-corrected chi connectivity index (χ4v) is 3.21. The summed E-state index contributed by atoms with van der Waals surface area (Å²) in [4.78, 5) is 29.1. The van der Waals surface area contributed by atoms with E-state index < -0.39 is 18.5 Å². The second-order valence-electron chi connectivity index (χ2n) is 6.32. The molecule has 0 spiro atoms. The number of aromatic nitrogens is 6. The van der Waals surface area contributed by atoms with Crippen molar-refractivity contribution in [2.75, 3.05) is 36.0 Å². The summed E-state index contributed by atoms with van der Waals surface area (Å²) in [5.74, 6) is 0.783. The highest BCUT2D eigenvalue weighted by molar-refractivity contribution is 5.83. The number of anilines is 2. The predicted octanol–water partition coefficient (Wildman–Crippen LogP) is 0.512. The van der Waals surface area contributed by atoms with E-state index in [1.807, 2.05) is 16.5 Å². The van der Waals surface area contributed by atoms with Crippen molar-refractivity contribution in [2.24, 2.45) is 7.05 Å². The number of nitrogens with zero attached hydrogens (tertiary/aromatic N) is 8. The van der Waals surface area contributed by atoms with Crippen LogP contribution in [0.1, 0.15) is 0 Å². The molecule has 1 fully saturated rings. The quantitative estimate of drug-likeness (QED) is 0.656. The number of halogens is 2. The third-order valence-corrected chi connectivity index (χ3v) is 4.59. The lowest BCUT2D eigenvalue weighted by Crippen LogP contribution is -2.47. The Hall–Kier alpha value is -3.11. The number of fused-ring (bicyclic) bond motifs is 1. The Labute approximate surface area is 152 Å². The third kappa shape index (κ3) is 3.32. The molecule has 9 nitrogen and oxygen atoms in total. The van der Waals surface area contributed by atoms with E-state index in [9.17, 15) is 13.6 Å². The van der Waals surface area contributed by atoms with Crippen molar-refractivity contribution in [2.45, 2.75) is 13.0 Å². The van der Waals surface area contributed by atoms with E-state index in [0.29, 0.717) is 31.9 Å². The van der Waals surface area contributed by atoms with Crippen LogP contribution in [-0.4, -0.2) is 61.9 Å². The molecule has 4 rings (SSSR count). The van der Waals surface area contributed by atoms with Gasteiger partial charge in [-0.1, -0.05) is 0 Å². The molecule has 27 heavy (non-hydrogen) atoms. The molecule has 3 aromatic rings. The van der Waals surface area contributed by atoms with Crippen LogP contribution in [0, 0.1) is 0 Å². The maximum atomic E-state index is 12.4. The Kier molecular flexibility index (Phi) is 4.42. The van der Waals surface area contributed by atoms with Gasteiger partial charge in [-0.25, -0.2) is 28.4 Å². The van der Waals surface area contributed by atoms with E-state index in [0.717, 1.165) is 21.7 Å². The topological polar surface area (TPSA) is 85.0 Å². The first kappa shape index (κ1) is 17.3. The smallest absolute Gasteiger partial charge is 0.269 e. The van der Waals surface area contributed by atoms with Gasteiger partial charge >= 0.3 is 0 Å². The fraction of sp³-hybridized carbons (Fsp3) is 0.438. The van der Waals surface area contributed by atoms with Gasteiger partial charge in [0.15, 0.2) is 17.0 Å². The summed E-state index contributed by atoms with van der Waals surface area (Å²) >= 11 is 0. The first-order valence-corrected chi connectivity index (χ1v) is 8.50. The van der Waals surface area contributed by atoms with E-state index in [2.05, 4.69) is 25.0 Å². The molecule has 3 aromatic heterocycles. The van der Waals surface area contributed by atoms with Crippen molar-refractivity contribution in [3.8, 4) is 0 Å². The minimum atomic E-state index is -2.61. The second kappa shape index (κ2) is 6.89. The molecule has 0 radical (unpaired) electrons. The summed E-state index contributed by atoms with van der Waals surface area (Å²) in [5.41, 5.74) is 1.64. The van der Waals surface area contributed by atoms with Gasteiger partial charge in [-0.2, -0.15) is 5.10 Å². The molecule has 1 saturated heterocycles. The van der Waals surface area contributed by atoms with Gasteiger partial charge in [0.25, 0.3) is 12.0 Å². The minimum absolute atomic E-state index is 0.527. The van der Waals surface area contributed by atoms with E-state index in [1.54, 1.807) is 6.33 Å². The van der Waals surface area contributed by atoms with Gasteiger partial charge in [-0.05, 0) is 0 Å². The molecule has 0 bridgehead atoms. The Morgan fingerprint density at radius 1 is 1.11 bits per heavy atom. The van der Waals surface area contributed by atoms with Crippen LogP contribution in [0.5, 0.6) is 0 Å². The van der Waals surface area contributed by atoms with Crippen molar-refractivity contribution < 1.29 is 8.78 Å². The molecule has 1 aliphatic heterocycles. The van der Waals surface area contributed by atoms with Crippen molar-refractivity contribution in [3.05, 3.63) is 35.3 Å². The van der Waals surface area contributed by atoms with Crippen molar-refractivity contribution >= 4 is 22.7 Å². The van der Waals surface area contributed by atoms with Gasteiger partial charge in [0, 0.05) is 39.3 Å². The summed E-state index contributed by atoms with van der Waals surface area (Å²) in [6, 6.07) is 1.35. The fourth-order valence-electron chi connectivity index (χ4n) is 3.21. The maximum absolute atomic E-state index is 12.4. The summed E-state index contributed by atoms with van der Waals surface area (Å²) < 4.78 is 27.5. The minimum Gasteiger partial charge on any atom is -0.367 e. The normalized spacial score (nSPS) is 15.1. The number of piperazine rings is 1. The molecule has 0 N–H and O–H groups in total. The number of imidazole rings is 1. The monoisotopic (exact) mass is 376 g/mol. The zero-order valence-corrected chi connectivity index (χ0v) is 14.7. The molecule has 0 aromatic carbocycles. The van der Waals surface area contributed by atoms with Gasteiger partial charge in [-0.3, -0.25) is 4.79 Å². The van der Waals surface area contributed by atoms with Gasteiger partial charge in [-0.15, -0.1) is 0 Å². The molecule has 0 unspecified atom stereocenters. The van der Waals surface area contributed by atoms with Crippen molar-refractivity contribution in [1.29, 1.82) is 0 Å². The molecule has 1 aliphatic rings. The van der Waals surface area contributed by atoms with Crippen LogP contribution in [0.15, 0.2) is 29.7 Å². The van der Waals surface area contributed by atoms with Crippen LogP contribution in [0.4, 0.5) is 20.3 Å². The van der Waals surface area contributed by atoms with E-state index in [4.69, 9.17) is 0 Å². The van der Waals surface area contributed by atoms with Crippen molar-refractivity contribution in [1.82, 2.24) is 29.3 Å². The van der Waals surface area contributed by atoms with Crippen LogP contribution in [0.2, 0.25) is 0 Å². The number of aryl methyl sites for hydroxylation is 1. The Balaban J connectivity index is 1.49. The number of hydrogen-bond donors (Lipinski definition) is 0. The van der Waals surface area contributed by atoms with Gasteiger partial charge in [0.05, 0.1) is 18.2 Å². The molecule has 0 saturated carbocycles. The van der Waals surface area contributed by atoms with Gasteiger partial charge < -0.3 is 14.4 Å². The first-order chi connectivity index (χ1) is 13.0. The SMILES string of the molecule is Cn1cnc2c(N3CCN(c4cnn(CC(F)F)c(=O)c4)CC3)ncnc21. The average Bonchev–Trinajstić information content (AvgIpc) is 3.04. The zero-order chi connectivity index (χ0) is 19.0. The maximum Gasteiger partial charge on any atom is 0.269 e. The van der Waals surface area contributed by atoms with Crippen LogP contribution in [0.3, 0.4) is 0 Å². The molecule has 4 heterocycles. The Morgan fingerprint density at radius 2 is 1.85 bits per heavy atom. The molecule has 0 amide bonds. The van der Waals surface area contributed by atoms with Crippen LogP contribution >= 0.6 is 0 Å². The highest BCUT2D eigenvalue weighted by atomic mass is 19.3. The van der Waals surface area contributed by atoms with E-state index >= 15 is 0 Å². The lowest BCUT2D eigenvalue weighted by atomic mass is 10.2. The number of hydrogen-bond acceptors (Lipinski definition) is 7. The zero-order valence-electron chi connectivity index (χ0n) is 14.7. The summed E-state index contributed by atoms with van der Waals surface area (Å²) in [6.07, 6.45) is 2.08. The second-order valence-corrected chi connectivity index (χ2v) is 6.32. The molecule has 0 aliphatic carbocycles. The predicted molar refractivity (Wildman–Crippen MR) is 95.2 cm³/mol. The van der Waals surface area contributed by atoms with Gasteiger partial charge in [0.2, 0.25) is 0 Å². The summed E-state index contributed by atoms with van der Waals surface area (Å²) in [6.45, 7) is 1.98. The molecular weight excluding hydrogens is 358 g/mol. The standard InChI is InChI=1S/C16H18F2N8O/c1-23-10-21-14-15(23)19-9-20-16(14)25-4-2-24(3-5-25)11-6-13(27)26(22-7-11)8-12(17)18/h6-7,9-10,12H,2-5,8H2,1H3. The average molecular weight is 376 g/mol. The Morgan fingerprint density at radius 3 is 2.56 bits per heavy atom. The van der Waals surface area contributed by atoms with Crippen LogP contribution < -0.4 is 15.4 Å². The molecule has 142 valence electrons. The number of alkyl halides is 2. The number of rotatable bonds is 4. The lowest BCUT2D eigenvalue weighted by molar-refractivity contribution is 0.119. The largest absolute Gasteiger partial charge is 0.367 e. The van der Waals surface area contributed by atoms with Gasteiger partial charge in [0.1, 0.15) is 12.9 Å². The molecular formula is C16H18F2N8O. The van der Waals surface area contributed by atoms with Crippen LogP contribution in [-0.2, 0) is 13.6 Å². The Bertz CT molecular complexity index is 1010. The lowest BCUT2D eigenvalue weighted by Gasteiger charge is -2.36. The van der Waals surface area contributed by atoms with Crippen molar-refractivity contribution in [3.63, 3.8) is 0 Å². The summed E-state index contributed by atoms with van der Waals surface area (Å²) in [7, 11) is 1.88. The molecule has 0 atom stereocenters. The molecule has 11 heteroatoms. The highest BCUT2D eigenvalue weighted by Gasteiger charge is 2.22. The van der Waals surface area contributed by atoms with E-state index in [1.165, 1.54) is 18.6 Å². The third-order valence-electron chi connectivity index (χ3n) is 4.59. The van der Waals surface area contributed by atoms with Crippen LogP contribution in [0.25, 0.3) is 11.2 Å². The first-order valence-electron chi connectivity index (χ1n) is 8.50. The highest BCUT2D eigenvalue weighted by Crippen LogP contribution is 2.23.